The number of aromatic nitrogens is 1. The first-order valence-electron chi connectivity index (χ1n) is 6.18. The minimum absolute atomic E-state index is 0.0406. The largest absolute Gasteiger partial charge is 0.545 e. The molecule has 0 bridgehead atoms. The molecule has 0 saturated heterocycles. The van der Waals surface area contributed by atoms with E-state index in [2.05, 4.69) is 4.98 Å². The van der Waals surface area contributed by atoms with Crippen LogP contribution < -0.4 is 5.11 Å². The number of carboxylic acids is 1. The predicted octanol–water partition coefficient (Wildman–Crippen LogP) is 0.601. The number of amides is 1. The number of nitrogens with zero attached hydrogens (tertiary/aromatic N) is 2. The lowest BCUT2D eigenvalue weighted by Gasteiger charge is -2.15. The number of hydrogen-bond acceptors (Lipinski definition) is 4. The Labute approximate surface area is 115 Å². The van der Waals surface area contributed by atoms with Gasteiger partial charge in [0.25, 0.3) is 5.91 Å². The highest BCUT2D eigenvalue weighted by molar-refractivity contribution is 6.07. The van der Waals surface area contributed by atoms with E-state index in [1.54, 1.807) is 35.5 Å². The summed E-state index contributed by atoms with van der Waals surface area (Å²) in [4.78, 5) is 29.0. The van der Waals surface area contributed by atoms with Gasteiger partial charge in [0.15, 0.2) is 0 Å². The number of carboxylic acid groups (broad SMARTS) is 1. The minimum Gasteiger partial charge on any atom is -0.545 e. The van der Waals surface area contributed by atoms with Crippen molar-refractivity contribution in [2.45, 2.75) is 13.1 Å². The second kappa shape index (κ2) is 4.77. The summed E-state index contributed by atoms with van der Waals surface area (Å²) >= 11 is 0. The fourth-order valence-electron chi connectivity index (χ4n) is 2.43. The van der Waals surface area contributed by atoms with Crippen molar-refractivity contribution in [1.29, 1.82) is 0 Å². The number of carbonyl (C=O) groups is 2. The van der Waals surface area contributed by atoms with E-state index in [0.29, 0.717) is 13.1 Å². The highest BCUT2D eigenvalue weighted by Crippen LogP contribution is 2.27. The first-order valence-corrected chi connectivity index (χ1v) is 6.18. The second-order valence-corrected chi connectivity index (χ2v) is 4.65. The van der Waals surface area contributed by atoms with Gasteiger partial charge in [0.2, 0.25) is 0 Å². The van der Waals surface area contributed by atoms with Crippen LogP contribution in [0.3, 0.4) is 0 Å². The summed E-state index contributed by atoms with van der Waals surface area (Å²) in [6, 6.07) is 8.48. The summed E-state index contributed by atoms with van der Waals surface area (Å²) in [5.41, 5.74) is 1.84. The van der Waals surface area contributed by atoms with Crippen molar-refractivity contribution in [2.24, 2.45) is 0 Å². The van der Waals surface area contributed by atoms with E-state index in [1.165, 1.54) is 6.07 Å². The Bertz CT molecular complexity index is 683. The van der Waals surface area contributed by atoms with Gasteiger partial charge >= 0.3 is 0 Å². The van der Waals surface area contributed by atoms with Crippen molar-refractivity contribution < 1.29 is 14.7 Å². The van der Waals surface area contributed by atoms with Crippen LogP contribution in [0.25, 0.3) is 0 Å². The van der Waals surface area contributed by atoms with Gasteiger partial charge in [-0.1, -0.05) is 24.3 Å². The van der Waals surface area contributed by atoms with Gasteiger partial charge in [-0.05, 0) is 17.2 Å². The van der Waals surface area contributed by atoms with Crippen molar-refractivity contribution >= 4 is 11.9 Å². The molecule has 2 heterocycles. The Balaban J connectivity index is 1.91. The lowest BCUT2D eigenvalue weighted by Crippen LogP contribution is -2.27. The predicted molar refractivity (Wildman–Crippen MR) is 68.6 cm³/mol. The smallest absolute Gasteiger partial charge is 0.255 e. The molecule has 1 aromatic heterocycles. The van der Waals surface area contributed by atoms with Crippen LogP contribution in [0.1, 0.15) is 31.8 Å². The van der Waals surface area contributed by atoms with Gasteiger partial charge < -0.3 is 14.8 Å². The Morgan fingerprint density at radius 2 is 2.15 bits per heavy atom. The van der Waals surface area contributed by atoms with Crippen LogP contribution in [0, 0.1) is 0 Å². The Morgan fingerprint density at radius 3 is 2.85 bits per heavy atom. The first kappa shape index (κ1) is 12.3. The second-order valence-electron chi connectivity index (χ2n) is 4.65. The molecule has 0 fully saturated rings. The summed E-state index contributed by atoms with van der Waals surface area (Å²) < 4.78 is 0. The molecular formula is C15H11N2O3-. The summed E-state index contributed by atoms with van der Waals surface area (Å²) in [5, 5.41) is 11.1. The monoisotopic (exact) mass is 267 g/mol. The molecule has 0 spiro atoms. The van der Waals surface area contributed by atoms with Crippen LogP contribution in [-0.4, -0.2) is 21.8 Å². The van der Waals surface area contributed by atoms with Crippen molar-refractivity contribution in [3.05, 3.63) is 65.0 Å². The summed E-state index contributed by atoms with van der Waals surface area (Å²) in [6.07, 6.45) is 3.36. The molecule has 2 aromatic rings. The van der Waals surface area contributed by atoms with Gasteiger partial charge in [0.1, 0.15) is 0 Å². The molecule has 1 aromatic carbocycles. The zero-order valence-corrected chi connectivity index (χ0v) is 10.6. The van der Waals surface area contributed by atoms with Crippen LogP contribution in [0.15, 0.2) is 42.7 Å². The number of pyridine rings is 1. The number of fused-ring (bicyclic) bond motifs is 1. The van der Waals surface area contributed by atoms with Gasteiger partial charge in [-0.25, -0.2) is 0 Å². The van der Waals surface area contributed by atoms with E-state index >= 15 is 0 Å². The molecule has 1 amide bonds. The normalized spacial score (nSPS) is 13.4. The maximum atomic E-state index is 12.3. The molecule has 0 radical (unpaired) electrons. The van der Waals surface area contributed by atoms with Gasteiger partial charge in [-0.2, -0.15) is 0 Å². The van der Waals surface area contributed by atoms with Gasteiger partial charge in [0.05, 0.1) is 11.5 Å². The molecule has 1 aliphatic rings. The number of aromatic carboxylic acids is 1. The first-order chi connectivity index (χ1) is 9.66. The van der Waals surface area contributed by atoms with E-state index in [-0.39, 0.29) is 17.0 Å². The molecular weight excluding hydrogens is 256 g/mol. The van der Waals surface area contributed by atoms with Gasteiger partial charge in [-0.3, -0.25) is 9.78 Å². The highest BCUT2D eigenvalue weighted by Gasteiger charge is 2.29. The molecule has 0 aliphatic carbocycles. The fourth-order valence-corrected chi connectivity index (χ4v) is 2.43. The van der Waals surface area contributed by atoms with Crippen molar-refractivity contribution in [3.63, 3.8) is 0 Å². The SMILES string of the molecule is O=C([O-])c1cccc2c1C(=O)N(Cc1cccnc1)C2. The number of benzene rings is 1. The van der Waals surface area contributed by atoms with E-state index in [0.717, 1.165) is 11.1 Å². The highest BCUT2D eigenvalue weighted by atomic mass is 16.4. The van der Waals surface area contributed by atoms with E-state index in [1.807, 2.05) is 6.07 Å². The van der Waals surface area contributed by atoms with E-state index in [9.17, 15) is 14.7 Å². The van der Waals surface area contributed by atoms with Gasteiger partial charge in [0, 0.05) is 31.0 Å². The third-order valence-electron chi connectivity index (χ3n) is 3.33. The van der Waals surface area contributed by atoms with Crippen molar-refractivity contribution in [2.75, 3.05) is 0 Å². The molecule has 5 heteroatoms. The summed E-state index contributed by atoms with van der Waals surface area (Å²) in [6.45, 7) is 0.817. The topological polar surface area (TPSA) is 73.3 Å². The molecule has 0 N–H and O–H groups in total. The quantitative estimate of drug-likeness (QED) is 0.816. The number of carbonyl (C=O) groups excluding carboxylic acids is 2. The molecule has 5 nitrogen and oxygen atoms in total. The number of hydrogen-bond donors (Lipinski definition) is 0. The van der Waals surface area contributed by atoms with Gasteiger partial charge in [-0.15, -0.1) is 0 Å². The Hall–Kier alpha value is -2.69. The standard InChI is InChI=1S/C15H12N2O3/c18-14-13-11(4-1-5-12(13)15(19)20)9-17(14)8-10-3-2-6-16-7-10/h1-7H,8-9H2,(H,19,20)/p-1. The molecule has 3 rings (SSSR count). The lowest BCUT2D eigenvalue weighted by molar-refractivity contribution is -0.255. The third-order valence-corrected chi connectivity index (χ3v) is 3.33. The molecule has 100 valence electrons. The molecule has 0 saturated carbocycles. The van der Waals surface area contributed by atoms with Crippen LogP contribution >= 0.6 is 0 Å². The van der Waals surface area contributed by atoms with Crippen LogP contribution in [0.4, 0.5) is 0 Å². The maximum Gasteiger partial charge on any atom is 0.255 e. The third kappa shape index (κ3) is 2.03. The molecule has 0 unspecified atom stereocenters. The lowest BCUT2D eigenvalue weighted by atomic mass is 10.0. The van der Waals surface area contributed by atoms with Crippen LogP contribution in [0.2, 0.25) is 0 Å². The zero-order chi connectivity index (χ0) is 14.1. The van der Waals surface area contributed by atoms with E-state index in [4.69, 9.17) is 0 Å². The number of rotatable bonds is 3. The molecule has 20 heavy (non-hydrogen) atoms. The summed E-state index contributed by atoms with van der Waals surface area (Å²) in [7, 11) is 0. The van der Waals surface area contributed by atoms with E-state index < -0.39 is 5.97 Å². The molecule has 1 aliphatic heterocycles. The summed E-state index contributed by atoms with van der Waals surface area (Å²) in [5.74, 6) is -1.60. The Kier molecular flexibility index (Phi) is 2.95. The maximum absolute atomic E-state index is 12.3. The fraction of sp³-hybridized carbons (Fsp3) is 0.133. The zero-order valence-electron chi connectivity index (χ0n) is 10.6. The average Bonchev–Trinajstić information content (AvgIpc) is 2.77. The van der Waals surface area contributed by atoms with Crippen LogP contribution in [-0.2, 0) is 13.1 Å². The molecule has 0 atom stereocenters. The Morgan fingerprint density at radius 1 is 1.30 bits per heavy atom. The van der Waals surface area contributed by atoms with Crippen molar-refractivity contribution in [1.82, 2.24) is 9.88 Å². The average molecular weight is 267 g/mol. The minimum atomic E-state index is -1.32. The van der Waals surface area contributed by atoms with Crippen LogP contribution in [0.5, 0.6) is 0 Å². The van der Waals surface area contributed by atoms with Crippen molar-refractivity contribution in [3.8, 4) is 0 Å².